The highest BCUT2D eigenvalue weighted by Gasteiger charge is 2.31. The molecule has 4 heteroatoms. The predicted octanol–water partition coefficient (Wildman–Crippen LogP) is 4.33. The third-order valence-electron chi connectivity index (χ3n) is 4.53. The van der Waals surface area contributed by atoms with Crippen LogP contribution in [0.25, 0.3) is 6.08 Å². The van der Waals surface area contributed by atoms with Crippen LogP contribution < -0.4 is 14.4 Å². The molecule has 0 aliphatic carbocycles. The van der Waals surface area contributed by atoms with Crippen LogP contribution in [0.5, 0.6) is 11.5 Å². The van der Waals surface area contributed by atoms with E-state index in [1.807, 2.05) is 48.2 Å². The first-order chi connectivity index (χ1) is 12.1. The van der Waals surface area contributed by atoms with Crippen LogP contribution >= 0.6 is 0 Å². The lowest BCUT2D eigenvalue weighted by Gasteiger charge is -2.23. The number of amides is 1. The molecule has 0 saturated carbocycles. The average Bonchev–Trinajstić information content (AvgIpc) is 2.96. The number of para-hydroxylation sites is 1. The first kappa shape index (κ1) is 17.1. The van der Waals surface area contributed by atoms with Crippen LogP contribution in [0.4, 0.5) is 5.69 Å². The molecule has 3 rings (SSSR count). The molecule has 0 radical (unpaired) electrons. The summed E-state index contributed by atoms with van der Waals surface area (Å²) in [4.78, 5) is 15.1. The largest absolute Gasteiger partial charge is 0.493 e. The first-order valence-electron chi connectivity index (χ1n) is 8.40. The van der Waals surface area contributed by atoms with Crippen molar-refractivity contribution in [1.29, 1.82) is 0 Å². The zero-order chi connectivity index (χ0) is 18.0. The second-order valence-electron chi connectivity index (χ2n) is 6.16. The molecule has 1 heterocycles. The molecule has 2 aromatic rings. The molecule has 0 saturated heterocycles. The molecule has 130 valence electrons. The van der Waals surface area contributed by atoms with Gasteiger partial charge >= 0.3 is 0 Å². The lowest BCUT2D eigenvalue weighted by atomic mass is 10.1. The highest BCUT2D eigenvalue weighted by atomic mass is 16.5. The number of allylic oxidation sites excluding steroid dienone is 1. The molecule has 0 bridgehead atoms. The molecule has 0 unspecified atom stereocenters. The molecule has 1 aliphatic heterocycles. The van der Waals surface area contributed by atoms with Crippen molar-refractivity contribution in [1.82, 2.24) is 0 Å². The van der Waals surface area contributed by atoms with E-state index in [0.29, 0.717) is 17.1 Å². The molecule has 0 aromatic heterocycles. The van der Waals surface area contributed by atoms with Gasteiger partial charge in [-0.3, -0.25) is 4.79 Å². The Bertz CT molecular complexity index is 826. The van der Waals surface area contributed by atoms with Crippen LogP contribution in [-0.4, -0.2) is 26.2 Å². The van der Waals surface area contributed by atoms with Crippen LogP contribution in [0.3, 0.4) is 0 Å². The molecule has 4 nitrogen and oxygen atoms in total. The fourth-order valence-electron chi connectivity index (χ4n) is 3.43. The van der Waals surface area contributed by atoms with Crippen molar-refractivity contribution in [3.05, 3.63) is 59.2 Å². The molecular formula is C21H23NO3. The number of hydrogen-bond donors (Lipinski definition) is 0. The number of methoxy groups -OCH3 is 2. The highest BCUT2D eigenvalue weighted by molar-refractivity contribution is 6.08. The van der Waals surface area contributed by atoms with E-state index in [4.69, 9.17) is 9.47 Å². The van der Waals surface area contributed by atoms with Gasteiger partial charge in [0, 0.05) is 22.9 Å². The Morgan fingerprint density at radius 2 is 1.96 bits per heavy atom. The van der Waals surface area contributed by atoms with E-state index < -0.39 is 0 Å². The SMILES string of the molecule is C/C=C/c1cc(C(=O)N2c3ccccc3C[C@@H]2C)cc(OC)c1OC. The van der Waals surface area contributed by atoms with Gasteiger partial charge in [0.05, 0.1) is 14.2 Å². The lowest BCUT2D eigenvalue weighted by Crippen LogP contribution is -2.35. The van der Waals surface area contributed by atoms with Gasteiger partial charge in [0.15, 0.2) is 11.5 Å². The number of hydrogen-bond acceptors (Lipinski definition) is 3. The van der Waals surface area contributed by atoms with E-state index in [1.165, 1.54) is 5.56 Å². The number of anilines is 1. The lowest BCUT2D eigenvalue weighted by molar-refractivity contribution is 0.0981. The number of nitrogens with zero attached hydrogens (tertiary/aromatic N) is 1. The van der Waals surface area contributed by atoms with Crippen LogP contribution in [0, 0.1) is 0 Å². The van der Waals surface area contributed by atoms with Gasteiger partial charge in [0.1, 0.15) is 0 Å². The van der Waals surface area contributed by atoms with Crippen molar-refractivity contribution in [3.8, 4) is 11.5 Å². The maximum atomic E-state index is 13.2. The number of benzene rings is 2. The van der Waals surface area contributed by atoms with E-state index >= 15 is 0 Å². The topological polar surface area (TPSA) is 38.8 Å². The van der Waals surface area contributed by atoms with E-state index in [1.54, 1.807) is 20.3 Å². The zero-order valence-corrected chi connectivity index (χ0v) is 15.1. The van der Waals surface area contributed by atoms with Gasteiger partial charge in [0.25, 0.3) is 5.91 Å². The number of fused-ring (bicyclic) bond motifs is 1. The van der Waals surface area contributed by atoms with Crippen LogP contribution in [0.1, 0.15) is 35.3 Å². The summed E-state index contributed by atoms with van der Waals surface area (Å²) in [5.74, 6) is 1.16. The Morgan fingerprint density at radius 1 is 1.20 bits per heavy atom. The van der Waals surface area contributed by atoms with E-state index in [2.05, 4.69) is 13.0 Å². The molecule has 25 heavy (non-hydrogen) atoms. The van der Waals surface area contributed by atoms with Gasteiger partial charge in [0.2, 0.25) is 0 Å². The molecule has 0 N–H and O–H groups in total. The molecular weight excluding hydrogens is 314 g/mol. The minimum Gasteiger partial charge on any atom is -0.493 e. The maximum absolute atomic E-state index is 13.2. The monoisotopic (exact) mass is 337 g/mol. The Kier molecular flexibility index (Phi) is 4.79. The average molecular weight is 337 g/mol. The number of rotatable bonds is 4. The molecule has 1 amide bonds. The molecule has 1 aliphatic rings. The number of ether oxygens (including phenoxy) is 2. The Hall–Kier alpha value is -2.75. The van der Waals surface area contributed by atoms with Crippen molar-refractivity contribution >= 4 is 17.7 Å². The van der Waals surface area contributed by atoms with Crippen molar-refractivity contribution < 1.29 is 14.3 Å². The Labute approximate surface area is 148 Å². The Morgan fingerprint density at radius 3 is 2.64 bits per heavy atom. The maximum Gasteiger partial charge on any atom is 0.258 e. The van der Waals surface area contributed by atoms with Gasteiger partial charge in [-0.15, -0.1) is 0 Å². The van der Waals surface area contributed by atoms with Gasteiger partial charge in [-0.2, -0.15) is 0 Å². The minimum absolute atomic E-state index is 0.0239. The fourth-order valence-corrected chi connectivity index (χ4v) is 3.43. The summed E-state index contributed by atoms with van der Waals surface area (Å²) in [5.41, 5.74) is 3.61. The first-order valence-corrected chi connectivity index (χ1v) is 8.40. The van der Waals surface area contributed by atoms with Gasteiger partial charge in [-0.1, -0.05) is 30.4 Å². The standard InChI is InChI=1S/C21H23NO3/c1-5-8-16-12-17(13-19(24-3)20(16)25-4)21(23)22-14(2)11-15-9-6-7-10-18(15)22/h5-10,12-14H,11H2,1-4H3/b8-5+/t14-/m0/s1. The van der Waals surface area contributed by atoms with Gasteiger partial charge in [-0.25, -0.2) is 0 Å². The van der Waals surface area contributed by atoms with Crippen molar-refractivity contribution in [2.24, 2.45) is 0 Å². The minimum atomic E-state index is -0.0239. The summed E-state index contributed by atoms with van der Waals surface area (Å²) in [6.45, 7) is 4.00. The van der Waals surface area contributed by atoms with E-state index in [-0.39, 0.29) is 11.9 Å². The summed E-state index contributed by atoms with van der Waals surface area (Å²) in [6.07, 6.45) is 4.70. The van der Waals surface area contributed by atoms with Gasteiger partial charge < -0.3 is 14.4 Å². The summed E-state index contributed by atoms with van der Waals surface area (Å²) in [5, 5.41) is 0. The molecule has 2 aromatic carbocycles. The van der Waals surface area contributed by atoms with Crippen LogP contribution in [0.2, 0.25) is 0 Å². The Balaban J connectivity index is 2.07. The third kappa shape index (κ3) is 3.00. The van der Waals surface area contributed by atoms with E-state index in [0.717, 1.165) is 17.7 Å². The fraction of sp³-hybridized carbons (Fsp3) is 0.286. The number of carbonyl (C=O) groups is 1. The third-order valence-corrected chi connectivity index (χ3v) is 4.53. The molecule has 0 spiro atoms. The quantitative estimate of drug-likeness (QED) is 0.833. The second-order valence-corrected chi connectivity index (χ2v) is 6.16. The second kappa shape index (κ2) is 7.01. The normalized spacial score (nSPS) is 16.2. The molecule has 0 fully saturated rings. The van der Waals surface area contributed by atoms with Crippen molar-refractivity contribution in [3.63, 3.8) is 0 Å². The summed E-state index contributed by atoms with van der Waals surface area (Å²) >= 11 is 0. The van der Waals surface area contributed by atoms with E-state index in [9.17, 15) is 4.79 Å². The van der Waals surface area contributed by atoms with Crippen LogP contribution in [0.15, 0.2) is 42.5 Å². The van der Waals surface area contributed by atoms with Crippen LogP contribution in [-0.2, 0) is 6.42 Å². The molecule has 1 atom stereocenters. The summed E-state index contributed by atoms with van der Waals surface area (Å²) < 4.78 is 10.9. The summed E-state index contributed by atoms with van der Waals surface area (Å²) in [6, 6.07) is 11.8. The summed E-state index contributed by atoms with van der Waals surface area (Å²) in [7, 11) is 3.18. The smallest absolute Gasteiger partial charge is 0.258 e. The van der Waals surface area contributed by atoms with Crippen molar-refractivity contribution in [2.75, 3.05) is 19.1 Å². The number of carbonyl (C=O) groups excluding carboxylic acids is 1. The highest BCUT2D eigenvalue weighted by Crippen LogP contribution is 2.37. The zero-order valence-electron chi connectivity index (χ0n) is 15.1. The predicted molar refractivity (Wildman–Crippen MR) is 101 cm³/mol. The van der Waals surface area contributed by atoms with Crippen molar-refractivity contribution in [2.45, 2.75) is 26.3 Å². The van der Waals surface area contributed by atoms with Gasteiger partial charge in [-0.05, 0) is 44.0 Å².